The Bertz CT molecular complexity index is 1260. The normalized spacial score (nSPS) is 10.8. The zero-order valence-electron chi connectivity index (χ0n) is 22.1. The Hall–Kier alpha value is -4.61. The van der Waals surface area contributed by atoms with Gasteiger partial charge in [0, 0.05) is 17.9 Å². The molecule has 1 aromatic heterocycles. The van der Waals surface area contributed by atoms with Crippen molar-refractivity contribution in [1.82, 2.24) is 20.0 Å². The lowest BCUT2D eigenvalue weighted by Crippen LogP contribution is -2.35. The molecule has 0 unspecified atom stereocenters. The van der Waals surface area contributed by atoms with Crippen LogP contribution in [0.2, 0.25) is 0 Å². The van der Waals surface area contributed by atoms with E-state index in [9.17, 15) is 5.26 Å². The van der Waals surface area contributed by atoms with Gasteiger partial charge < -0.3 is 30.0 Å². The number of ether oxygens (including phenoxy) is 1. The van der Waals surface area contributed by atoms with Gasteiger partial charge in [-0.25, -0.2) is 19.5 Å². The molecule has 2 aromatic carbocycles. The number of thioether (sulfide) groups is 1. The molecule has 0 aliphatic carbocycles. The van der Waals surface area contributed by atoms with Gasteiger partial charge in [-0.05, 0) is 63.5 Å². The minimum absolute atomic E-state index is 0.169. The molecule has 0 bridgehead atoms. The van der Waals surface area contributed by atoms with Crippen LogP contribution in [0.4, 0.5) is 5.69 Å². The number of nitrogens with zero attached hydrogens (tertiary/aromatic N) is 6. The van der Waals surface area contributed by atoms with E-state index in [0.29, 0.717) is 36.4 Å². The highest BCUT2D eigenvalue weighted by Gasteiger charge is 2.10. The summed E-state index contributed by atoms with van der Waals surface area (Å²) in [6, 6.07) is 17.0. The average molecular weight is 570 g/mol. The van der Waals surface area contributed by atoms with Crippen molar-refractivity contribution in [3.05, 3.63) is 60.5 Å². The Kier molecular flexibility index (Phi) is 13.5. The number of aliphatic carboxylic acids is 2. The number of nitrogens with two attached hydrogens (primary N) is 1. The molecule has 40 heavy (non-hydrogen) atoms. The van der Waals surface area contributed by atoms with E-state index in [1.165, 1.54) is 4.90 Å². The highest BCUT2D eigenvalue weighted by molar-refractivity contribution is 7.98. The molecule has 0 saturated carbocycles. The predicted octanol–water partition coefficient (Wildman–Crippen LogP) is 2.89. The monoisotopic (exact) mass is 569 g/mol. The number of rotatable bonds is 12. The smallest absolute Gasteiger partial charge is 0.414 e. The summed E-state index contributed by atoms with van der Waals surface area (Å²) in [4.78, 5) is 26.0. The minimum Gasteiger partial charge on any atom is -0.493 e. The van der Waals surface area contributed by atoms with Gasteiger partial charge in [-0.15, -0.1) is 22.0 Å². The Morgan fingerprint density at radius 3 is 2.35 bits per heavy atom. The summed E-state index contributed by atoms with van der Waals surface area (Å²) in [5.74, 6) is -0.178. The van der Waals surface area contributed by atoms with E-state index in [1.54, 1.807) is 23.9 Å². The lowest BCUT2D eigenvalue weighted by molar-refractivity contribution is -0.159. The third-order valence-corrected chi connectivity index (χ3v) is 5.76. The summed E-state index contributed by atoms with van der Waals surface area (Å²) >= 11 is 1.67. The quantitative estimate of drug-likeness (QED) is 0.0721. The van der Waals surface area contributed by atoms with Gasteiger partial charge in [-0.3, -0.25) is 0 Å². The molecular formula is C26H31N7O6S. The second kappa shape index (κ2) is 17.1. The van der Waals surface area contributed by atoms with Crippen LogP contribution in [0.25, 0.3) is 11.5 Å². The van der Waals surface area contributed by atoms with Crippen LogP contribution in [0.15, 0.2) is 64.0 Å². The molecule has 212 valence electrons. The summed E-state index contributed by atoms with van der Waals surface area (Å²) < 4.78 is 11.5. The lowest BCUT2D eigenvalue weighted by Gasteiger charge is -2.16. The molecule has 0 fully saturated rings. The first-order chi connectivity index (χ1) is 19.2. The second-order valence-electron chi connectivity index (χ2n) is 8.25. The molecule has 0 aliphatic heterocycles. The number of benzene rings is 2. The van der Waals surface area contributed by atoms with Gasteiger partial charge in [-0.2, -0.15) is 5.26 Å². The molecule has 3 aromatic rings. The van der Waals surface area contributed by atoms with Gasteiger partial charge in [0.2, 0.25) is 17.7 Å². The summed E-state index contributed by atoms with van der Waals surface area (Å²) in [5, 5.41) is 32.4. The van der Waals surface area contributed by atoms with Crippen LogP contribution in [-0.2, 0) is 15.3 Å². The third-order valence-electron chi connectivity index (χ3n) is 4.86. The topological polar surface area (TPSA) is 191 Å². The van der Waals surface area contributed by atoms with Crippen molar-refractivity contribution < 1.29 is 29.0 Å². The van der Waals surface area contributed by atoms with Crippen molar-refractivity contribution in [2.24, 2.45) is 10.7 Å². The van der Waals surface area contributed by atoms with E-state index in [0.717, 1.165) is 30.0 Å². The summed E-state index contributed by atoms with van der Waals surface area (Å²) in [7, 11) is 3.98. The van der Waals surface area contributed by atoms with Gasteiger partial charge in [0.1, 0.15) is 5.75 Å². The van der Waals surface area contributed by atoms with E-state index in [-0.39, 0.29) is 5.96 Å². The van der Waals surface area contributed by atoms with E-state index in [4.69, 9.17) is 34.7 Å². The van der Waals surface area contributed by atoms with Crippen LogP contribution in [0, 0.1) is 11.5 Å². The number of para-hydroxylation sites is 1. The standard InChI is InChI=1S/C24H29N7O2S.C2H2O4/c1-30(2)13-6-14-31(18-25)24(26)27-20-11-9-19(10-12-20)23-29-28-22(33-23)17-34-16-15-32-21-7-4-3-5-8-21;3-1(4)2(5)6/h3-5,7-12H,6,13-17H2,1-2H3,(H2,26,27);(H,3,4)(H,5,6). The maximum absolute atomic E-state index is 9.34. The molecule has 0 spiro atoms. The van der Waals surface area contributed by atoms with E-state index in [2.05, 4.69) is 26.3 Å². The number of aromatic nitrogens is 2. The van der Waals surface area contributed by atoms with Gasteiger partial charge in [0.05, 0.1) is 18.0 Å². The maximum Gasteiger partial charge on any atom is 0.414 e. The first-order valence-corrected chi connectivity index (χ1v) is 13.2. The molecule has 3 rings (SSSR count). The predicted molar refractivity (Wildman–Crippen MR) is 150 cm³/mol. The van der Waals surface area contributed by atoms with Crippen molar-refractivity contribution in [2.75, 3.05) is 39.5 Å². The fraction of sp³-hybridized carbons (Fsp3) is 0.308. The Morgan fingerprint density at radius 1 is 1.07 bits per heavy atom. The number of guanidine groups is 1. The van der Waals surface area contributed by atoms with E-state index >= 15 is 0 Å². The minimum atomic E-state index is -1.82. The lowest BCUT2D eigenvalue weighted by atomic mass is 10.2. The zero-order chi connectivity index (χ0) is 29.3. The summed E-state index contributed by atoms with van der Waals surface area (Å²) in [6.45, 7) is 2.00. The molecule has 14 heteroatoms. The van der Waals surface area contributed by atoms with Gasteiger partial charge in [-0.1, -0.05) is 18.2 Å². The van der Waals surface area contributed by atoms with Gasteiger partial charge >= 0.3 is 11.9 Å². The molecule has 1 heterocycles. The number of nitriles is 1. The number of carboxylic acid groups (broad SMARTS) is 2. The third kappa shape index (κ3) is 11.8. The Labute approximate surface area is 235 Å². The highest BCUT2D eigenvalue weighted by Crippen LogP contribution is 2.23. The Balaban J connectivity index is 0.000000840. The number of hydrogen-bond acceptors (Lipinski definition) is 10. The maximum atomic E-state index is 9.34. The molecular weight excluding hydrogens is 538 g/mol. The molecule has 0 saturated heterocycles. The van der Waals surface area contributed by atoms with Gasteiger partial charge in [0.25, 0.3) is 0 Å². The number of aliphatic imine (C=N–C) groups is 1. The summed E-state index contributed by atoms with van der Waals surface area (Å²) in [6.07, 6.45) is 2.90. The van der Waals surface area contributed by atoms with Crippen LogP contribution >= 0.6 is 11.8 Å². The van der Waals surface area contributed by atoms with Crippen LogP contribution in [0.5, 0.6) is 5.75 Å². The zero-order valence-corrected chi connectivity index (χ0v) is 23.0. The molecule has 0 aliphatic rings. The molecule has 0 atom stereocenters. The number of carbonyl (C=O) groups is 2. The van der Waals surface area contributed by atoms with Crippen molar-refractivity contribution in [2.45, 2.75) is 12.2 Å². The SMILES string of the molecule is CN(C)CCCN(C#N)C(N)=Nc1ccc(-c2nnc(CSCCOc3ccccc3)o2)cc1.O=C(O)C(=O)O. The fourth-order valence-corrected chi connectivity index (χ4v) is 3.59. The van der Waals surface area contributed by atoms with Crippen LogP contribution in [0.3, 0.4) is 0 Å². The molecule has 13 nitrogen and oxygen atoms in total. The fourth-order valence-electron chi connectivity index (χ4n) is 2.96. The number of carboxylic acids is 2. The van der Waals surface area contributed by atoms with Crippen molar-refractivity contribution in [3.63, 3.8) is 0 Å². The van der Waals surface area contributed by atoms with Crippen molar-refractivity contribution in [1.29, 1.82) is 5.26 Å². The number of hydrogen-bond donors (Lipinski definition) is 3. The molecule has 0 radical (unpaired) electrons. The van der Waals surface area contributed by atoms with Crippen molar-refractivity contribution >= 4 is 35.3 Å². The average Bonchev–Trinajstić information content (AvgIpc) is 3.41. The first kappa shape index (κ1) is 31.6. The van der Waals surface area contributed by atoms with Crippen molar-refractivity contribution in [3.8, 4) is 23.4 Å². The first-order valence-electron chi connectivity index (χ1n) is 12.0. The van der Waals surface area contributed by atoms with Crippen LogP contribution in [-0.4, -0.2) is 87.7 Å². The van der Waals surface area contributed by atoms with E-state index < -0.39 is 11.9 Å². The van der Waals surface area contributed by atoms with Gasteiger partial charge in [0.15, 0.2) is 6.19 Å². The second-order valence-corrected chi connectivity index (χ2v) is 9.36. The van der Waals surface area contributed by atoms with Crippen LogP contribution < -0.4 is 10.5 Å². The molecule has 0 amide bonds. The largest absolute Gasteiger partial charge is 0.493 e. The molecule has 4 N–H and O–H groups in total. The Morgan fingerprint density at radius 2 is 1.75 bits per heavy atom. The van der Waals surface area contributed by atoms with Crippen LogP contribution in [0.1, 0.15) is 12.3 Å². The summed E-state index contributed by atoms with van der Waals surface area (Å²) in [5.41, 5.74) is 7.45. The highest BCUT2D eigenvalue weighted by atomic mass is 32.2. The van der Waals surface area contributed by atoms with E-state index in [1.807, 2.05) is 56.6 Å².